The van der Waals surface area contributed by atoms with E-state index in [-0.39, 0.29) is 35.8 Å². The molecule has 1 saturated heterocycles. The number of hydrogen-bond donors (Lipinski definition) is 1. The van der Waals surface area contributed by atoms with Crippen molar-refractivity contribution in [2.24, 2.45) is 5.73 Å². The number of alkyl halides is 3. The Labute approximate surface area is 162 Å². The van der Waals surface area contributed by atoms with Gasteiger partial charge in [0.05, 0.1) is 0 Å². The lowest BCUT2D eigenvalue weighted by atomic mass is 9.86. The summed E-state index contributed by atoms with van der Waals surface area (Å²) in [6.07, 6.45) is -4.77. The zero-order chi connectivity index (χ0) is 21.4. The van der Waals surface area contributed by atoms with Crippen molar-refractivity contribution in [1.29, 1.82) is 0 Å². The van der Waals surface area contributed by atoms with Gasteiger partial charge in [0.25, 0.3) is 0 Å². The summed E-state index contributed by atoms with van der Waals surface area (Å²) in [5.74, 6) is -2.14. The number of nitrogens with two attached hydrogens (primary N) is 1. The zero-order valence-electron chi connectivity index (χ0n) is 15.1. The number of rotatable bonds is 5. The Morgan fingerprint density at radius 3 is 2.21 bits per heavy atom. The highest BCUT2D eigenvalue weighted by molar-refractivity contribution is 5.94. The Hall–Kier alpha value is -3.30. The van der Waals surface area contributed by atoms with Gasteiger partial charge in [0.2, 0.25) is 11.8 Å². The van der Waals surface area contributed by atoms with Crippen LogP contribution in [0.25, 0.3) is 0 Å². The molecule has 2 aromatic rings. The van der Waals surface area contributed by atoms with Gasteiger partial charge in [-0.3, -0.25) is 9.59 Å². The van der Waals surface area contributed by atoms with Crippen LogP contribution in [0.2, 0.25) is 0 Å². The summed E-state index contributed by atoms with van der Waals surface area (Å²) in [6, 6.07) is 8.17. The number of carbonyl (C=O) groups excluding carboxylic acids is 2. The van der Waals surface area contributed by atoms with E-state index in [4.69, 9.17) is 10.5 Å². The summed E-state index contributed by atoms with van der Waals surface area (Å²) in [6.45, 7) is 0. The van der Waals surface area contributed by atoms with E-state index in [1.807, 2.05) is 0 Å². The Balaban J connectivity index is 1.90. The van der Waals surface area contributed by atoms with Gasteiger partial charge in [-0.1, -0.05) is 0 Å². The third kappa shape index (κ3) is 3.96. The molecule has 10 heteroatoms. The topological polar surface area (TPSA) is 81.9 Å². The summed E-state index contributed by atoms with van der Waals surface area (Å²) in [4.78, 5) is 25.2. The van der Waals surface area contributed by atoms with Crippen LogP contribution >= 0.6 is 0 Å². The molecular formula is C19H16F4N2O4. The van der Waals surface area contributed by atoms with E-state index in [2.05, 4.69) is 4.74 Å². The van der Waals surface area contributed by atoms with Crippen molar-refractivity contribution >= 4 is 11.8 Å². The van der Waals surface area contributed by atoms with Crippen molar-refractivity contribution in [2.45, 2.75) is 24.7 Å². The predicted molar refractivity (Wildman–Crippen MR) is 92.5 cm³/mol. The minimum absolute atomic E-state index is 0.0154. The number of hydrogen-bond acceptors (Lipinski definition) is 4. The Morgan fingerprint density at radius 2 is 1.69 bits per heavy atom. The Morgan fingerprint density at radius 1 is 1.10 bits per heavy atom. The highest BCUT2D eigenvalue weighted by atomic mass is 19.4. The highest BCUT2D eigenvalue weighted by Crippen LogP contribution is 2.41. The highest BCUT2D eigenvalue weighted by Gasteiger charge is 2.51. The fraction of sp³-hybridized carbons (Fsp3) is 0.263. The monoisotopic (exact) mass is 412 g/mol. The SMILES string of the molecule is CN1C(=O)CCC1(C(N)=O)c1cc(Oc2ccc(OC(F)(F)F)cc2)ccc1F. The van der Waals surface area contributed by atoms with Crippen LogP contribution in [0, 0.1) is 5.82 Å². The van der Waals surface area contributed by atoms with Crippen LogP contribution in [-0.2, 0) is 15.1 Å². The molecule has 3 rings (SSSR count). The number of likely N-dealkylation sites (tertiary alicyclic amines) is 1. The first-order valence-corrected chi connectivity index (χ1v) is 8.43. The number of ether oxygens (including phenoxy) is 2. The van der Waals surface area contributed by atoms with E-state index in [0.29, 0.717) is 0 Å². The fourth-order valence-electron chi connectivity index (χ4n) is 3.30. The number of likely N-dealkylation sites (N-methyl/N-ethyl adjacent to an activating group) is 1. The first kappa shape index (κ1) is 20.4. The van der Waals surface area contributed by atoms with Gasteiger partial charge < -0.3 is 20.1 Å². The van der Waals surface area contributed by atoms with Gasteiger partial charge in [0.15, 0.2) is 0 Å². The van der Waals surface area contributed by atoms with E-state index < -0.39 is 29.4 Å². The van der Waals surface area contributed by atoms with E-state index in [1.165, 1.54) is 31.3 Å². The molecule has 1 fully saturated rings. The summed E-state index contributed by atoms with van der Waals surface area (Å²) in [5, 5.41) is 0. The van der Waals surface area contributed by atoms with Crippen molar-refractivity contribution < 1.29 is 36.6 Å². The van der Waals surface area contributed by atoms with Crippen molar-refractivity contribution in [3.8, 4) is 17.2 Å². The summed E-state index contributed by atoms with van der Waals surface area (Å²) < 4.78 is 60.5. The molecule has 0 aromatic heterocycles. The molecule has 0 spiro atoms. The molecule has 2 aromatic carbocycles. The number of benzene rings is 2. The maximum Gasteiger partial charge on any atom is 0.573 e. The fourth-order valence-corrected chi connectivity index (χ4v) is 3.30. The van der Waals surface area contributed by atoms with Gasteiger partial charge in [0, 0.05) is 19.0 Å². The second-order valence-corrected chi connectivity index (χ2v) is 6.44. The predicted octanol–water partition coefficient (Wildman–Crippen LogP) is 3.45. The van der Waals surface area contributed by atoms with Gasteiger partial charge in [-0.25, -0.2) is 4.39 Å². The van der Waals surface area contributed by atoms with Crippen LogP contribution in [0.1, 0.15) is 18.4 Å². The second kappa shape index (κ2) is 7.26. The molecule has 1 aliphatic heterocycles. The van der Waals surface area contributed by atoms with E-state index in [9.17, 15) is 27.2 Å². The Kier molecular flexibility index (Phi) is 5.12. The third-order valence-electron chi connectivity index (χ3n) is 4.73. The van der Waals surface area contributed by atoms with Gasteiger partial charge in [-0.15, -0.1) is 13.2 Å². The molecule has 2 N–H and O–H groups in total. The summed E-state index contributed by atoms with van der Waals surface area (Å²) >= 11 is 0. The van der Waals surface area contributed by atoms with Gasteiger partial charge in [0.1, 0.15) is 28.6 Å². The largest absolute Gasteiger partial charge is 0.573 e. The van der Waals surface area contributed by atoms with E-state index in [1.54, 1.807) is 0 Å². The first-order valence-electron chi connectivity index (χ1n) is 8.43. The molecule has 1 aliphatic rings. The number of primary amides is 1. The molecule has 29 heavy (non-hydrogen) atoms. The average molecular weight is 412 g/mol. The van der Waals surface area contributed by atoms with Crippen LogP contribution in [0.15, 0.2) is 42.5 Å². The molecule has 154 valence electrons. The quantitative estimate of drug-likeness (QED) is 0.763. The maximum atomic E-state index is 14.6. The molecule has 6 nitrogen and oxygen atoms in total. The minimum Gasteiger partial charge on any atom is -0.457 e. The van der Waals surface area contributed by atoms with Crippen molar-refractivity contribution in [1.82, 2.24) is 4.90 Å². The normalized spacial score (nSPS) is 19.3. The van der Waals surface area contributed by atoms with Crippen molar-refractivity contribution in [3.63, 3.8) is 0 Å². The minimum atomic E-state index is -4.82. The summed E-state index contributed by atoms with van der Waals surface area (Å²) in [5.41, 5.74) is 3.74. The molecular weight excluding hydrogens is 396 g/mol. The van der Waals surface area contributed by atoms with Crippen molar-refractivity contribution in [3.05, 3.63) is 53.8 Å². The smallest absolute Gasteiger partial charge is 0.457 e. The number of amides is 2. The van der Waals surface area contributed by atoms with E-state index in [0.717, 1.165) is 23.1 Å². The molecule has 1 unspecified atom stereocenters. The molecule has 0 saturated carbocycles. The van der Waals surface area contributed by atoms with Crippen LogP contribution in [0.5, 0.6) is 17.2 Å². The van der Waals surface area contributed by atoms with E-state index >= 15 is 0 Å². The van der Waals surface area contributed by atoms with Gasteiger partial charge in [-0.05, 0) is 48.9 Å². The lowest BCUT2D eigenvalue weighted by molar-refractivity contribution is -0.274. The molecule has 0 aliphatic carbocycles. The molecule has 1 heterocycles. The van der Waals surface area contributed by atoms with Crippen LogP contribution in [0.3, 0.4) is 0 Å². The Bertz CT molecular complexity index is 946. The lowest BCUT2D eigenvalue weighted by Gasteiger charge is -2.33. The van der Waals surface area contributed by atoms with Crippen molar-refractivity contribution in [2.75, 3.05) is 7.05 Å². The first-order chi connectivity index (χ1) is 13.5. The number of halogens is 4. The molecule has 2 amide bonds. The number of nitrogens with zero attached hydrogens (tertiary/aromatic N) is 1. The van der Waals surface area contributed by atoms with Crippen LogP contribution in [-0.4, -0.2) is 30.1 Å². The van der Waals surface area contributed by atoms with Crippen LogP contribution in [0.4, 0.5) is 17.6 Å². The average Bonchev–Trinajstić information content (AvgIpc) is 2.93. The maximum absolute atomic E-state index is 14.6. The summed E-state index contributed by atoms with van der Waals surface area (Å²) in [7, 11) is 1.37. The standard InChI is InChI=1S/C19H16F4N2O4/c1-25-16(26)8-9-18(25,17(24)27)14-10-13(6-7-15(14)20)28-11-2-4-12(5-3-11)29-19(21,22)23/h2-7,10H,8-9H2,1H3,(H2,24,27). The number of carbonyl (C=O) groups is 2. The molecule has 1 atom stereocenters. The second-order valence-electron chi connectivity index (χ2n) is 6.44. The molecule has 0 radical (unpaired) electrons. The zero-order valence-corrected chi connectivity index (χ0v) is 15.1. The van der Waals surface area contributed by atoms with Crippen LogP contribution < -0.4 is 15.2 Å². The van der Waals surface area contributed by atoms with Gasteiger partial charge >= 0.3 is 6.36 Å². The third-order valence-corrected chi connectivity index (χ3v) is 4.73. The molecule has 0 bridgehead atoms. The van der Waals surface area contributed by atoms with Gasteiger partial charge in [-0.2, -0.15) is 0 Å². The lowest BCUT2D eigenvalue weighted by Crippen LogP contribution is -2.51.